The van der Waals surface area contributed by atoms with Gasteiger partial charge in [0.1, 0.15) is 16.7 Å². The lowest BCUT2D eigenvalue weighted by Gasteiger charge is -2.22. The average molecular weight is 400 g/mol. The second-order valence-corrected chi connectivity index (χ2v) is 8.67. The molecule has 2 atom stereocenters. The molecule has 0 spiro atoms. The summed E-state index contributed by atoms with van der Waals surface area (Å²) in [5.74, 6) is 1.00. The predicted octanol–water partition coefficient (Wildman–Crippen LogP) is 1.72. The molecule has 8 nitrogen and oxygen atoms in total. The minimum atomic E-state index is -3.98. The highest BCUT2D eigenvalue weighted by Gasteiger charge is 2.45. The van der Waals surface area contributed by atoms with Crippen molar-refractivity contribution in [1.29, 1.82) is 0 Å². The van der Waals surface area contributed by atoms with Gasteiger partial charge in [-0.15, -0.1) is 0 Å². The van der Waals surface area contributed by atoms with E-state index in [0.717, 1.165) is 5.56 Å². The maximum absolute atomic E-state index is 13.3. The highest BCUT2D eigenvalue weighted by Crippen LogP contribution is 2.42. The molecular formula is C16H18ClN3O5S. The second-order valence-electron chi connectivity index (χ2n) is 6.37. The van der Waals surface area contributed by atoms with Crippen LogP contribution in [0.15, 0.2) is 21.6 Å². The van der Waals surface area contributed by atoms with E-state index in [-0.39, 0.29) is 23.8 Å². The topological polar surface area (TPSA) is 106 Å². The van der Waals surface area contributed by atoms with Crippen molar-refractivity contribution in [2.24, 2.45) is 0 Å². The fraction of sp³-hybridized carbons (Fsp3) is 0.500. The fourth-order valence-corrected chi connectivity index (χ4v) is 5.51. The molecule has 1 aromatic carbocycles. The van der Waals surface area contributed by atoms with Crippen molar-refractivity contribution in [3.63, 3.8) is 0 Å². The number of nitrogens with zero attached hydrogens (tertiary/aromatic N) is 3. The van der Waals surface area contributed by atoms with Gasteiger partial charge in [-0.3, -0.25) is 0 Å². The summed E-state index contributed by atoms with van der Waals surface area (Å²) in [7, 11) is -3.98. The number of aliphatic hydroxyl groups excluding tert-OH is 1. The van der Waals surface area contributed by atoms with Gasteiger partial charge >= 0.3 is 0 Å². The van der Waals surface area contributed by atoms with Gasteiger partial charge in [-0.2, -0.15) is 9.29 Å². The summed E-state index contributed by atoms with van der Waals surface area (Å²) in [6.07, 6.45) is 0.545. The molecule has 0 saturated carbocycles. The molecule has 1 N–H and O–H groups in total. The second kappa shape index (κ2) is 6.49. The third-order valence-corrected chi connectivity index (χ3v) is 6.72. The van der Waals surface area contributed by atoms with Crippen molar-refractivity contribution < 1.29 is 22.8 Å². The van der Waals surface area contributed by atoms with Crippen LogP contribution in [0.3, 0.4) is 0 Å². The van der Waals surface area contributed by atoms with E-state index in [4.69, 9.17) is 20.9 Å². The van der Waals surface area contributed by atoms with Crippen LogP contribution in [-0.4, -0.2) is 47.2 Å². The Hall–Kier alpha value is -1.68. The summed E-state index contributed by atoms with van der Waals surface area (Å²) in [6.45, 7) is 2.23. The highest BCUT2D eigenvalue weighted by molar-refractivity contribution is 7.89. The average Bonchev–Trinajstić information content (AvgIpc) is 3.31. The standard InChI is InChI=1S/C16H18ClN3O5S/c1-2-14-18-16(25-19-14)12-7-11(21)8-20(12)26(22,23)13-6-10(17)5-9-3-4-24-15(9)13/h5-6,11-12,21H,2-4,7-8H2,1H3/t11-,12+/m0/s1. The van der Waals surface area contributed by atoms with E-state index in [9.17, 15) is 13.5 Å². The minimum Gasteiger partial charge on any atom is -0.492 e. The monoisotopic (exact) mass is 399 g/mol. The van der Waals surface area contributed by atoms with Crippen molar-refractivity contribution in [3.05, 3.63) is 34.4 Å². The third kappa shape index (κ3) is 2.88. The Labute approximate surface area is 155 Å². The van der Waals surface area contributed by atoms with E-state index in [1.54, 1.807) is 6.07 Å². The first-order valence-electron chi connectivity index (χ1n) is 8.37. The number of fused-ring (bicyclic) bond motifs is 1. The lowest BCUT2D eigenvalue weighted by atomic mass is 10.2. The third-order valence-electron chi connectivity index (χ3n) is 4.62. The molecule has 4 rings (SSSR count). The first-order valence-corrected chi connectivity index (χ1v) is 10.2. The normalized spacial score (nSPS) is 23.2. The molecule has 0 bridgehead atoms. The van der Waals surface area contributed by atoms with Crippen LogP contribution in [0, 0.1) is 0 Å². The number of aryl methyl sites for hydroxylation is 1. The lowest BCUT2D eigenvalue weighted by Crippen LogP contribution is -2.32. The quantitative estimate of drug-likeness (QED) is 0.834. The number of rotatable bonds is 4. The maximum atomic E-state index is 13.3. The van der Waals surface area contributed by atoms with Crippen LogP contribution in [0.25, 0.3) is 0 Å². The Morgan fingerprint density at radius 1 is 1.42 bits per heavy atom. The van der Waals surface area contributed by atoms with Crippen LogP contribution in [0.1, 0.15) is 36.7 Å². The summed E-state index contributed by atoms with van der Waals surface area (Å²) < 4.78 is 38.6. The summed E-state index contributed by atoms with van der Waals surface area (Å²) in [5, 5.41) is 14.3. The highest BCUT2D eigenvalue weighted by atomic mass is 35.5. The smallest absolute Gasteiger partial charge is 0.247 e. The van der Waals surface area contributed by atoms with E-state index in [1.165, 1.54) is 10.4 Å². The molecule has 26 heavy (non-hydrogen) atoms. The lowest BCUT2D eigenvalue weighted by molar-refractivity contribution is 0.188. The van der Waals surface area contributed by atoms with E-state index in [0.29, 0.717) is 36.0 Å². The largest absolute Gasteiger partial charge is 0.492 e. The van der Waals surface area contributed by atoms with Gasteiger partial charge in [-0.05, 0) is 12.1 Å². The summed E-state index contributed by atoms with van der Waals surface area (Å²) >= 11 is 6.12. The Bertz CT molecular complexity index is 945. The summed E-state index contributed by atoms with van der Waals surface area (Å²) in [4.78, 5) is 4.25. The number of sulfonamides is 1. The minimum absolute atomic E-state index is 0.00632. The zero-order valence-electron chi connectivity index (χ0n) is 14.1. The van der Waals surface area contributed by atoms with Crippen LogP contribution < -0.4 is 4.74 Å². The Morgan fingerprint density at radius 3 is 2.96 bits per heavy atom. The SMILES string of the molecule is CCc1noc([C@H]2C[C@H](O)CN2S(=O)(=O)c2cc(Cl)cc3c2OCC3)n1. The van der Waals surface area contributed by atoms with Crippen molar-refractivity contribution in [1.82, 2.24) is 14.4 Å². The molecule has 2 aliphatic rings. The van der Waals surface area contributed by atoms with Crippen LogP contribution in [0.5, 0.6) is 5.75 Å². The first-order chi connectivity index (χ1) is 12.4. The number of β-amino-alcohol motifs (C(OH)–C–C–N with tert-alkyl or cyclic N) is 1. The van der Waals surface area contributed by atoms with Crippen molar-refractivity contribution in [2.75, 3.05) is 13.2 Å². The molecule has 1 fully saturated rings. The molecule has 2 aliphatic heterocycles. The van der Waals surface area contributed by atoms with Gasteiger partial charge in [-0.1, -0.05) is 23.7 Å². The van der Waals surface area contributed by atoms with Gasteiger partial charge in [-0.25, -0.2) is 8.42 Å². The van der Waals surface area contributed by atoms with Crippen molar-refractivity contribution in [3.8, 4) is 5.75 Å². The first kappa shape index (κ1) is 17.7. The Balaban J connectivity index is 1.77. The van der Waals surface area contributed by atoms with E-state index in [1.807, 2.05) is 6.92 Å². The molecule has 1 aromatic heterocycles. The molecule has 0 unspecified atom stereocenters. The number of benzene rings is 1. The zero-order chi connectivity index (χ0) is 18.5. The molecule has 1 saturated heterocycles. The van der Waals surface area contributed by atoms with Crippen LogP contribution in [0.4, 0.5) is 0 Å². The molecular weight excluding hydrogens is 382 g/mol. The molecule has 10 heteroatoms. The molecule has 2 aromatic rings. The Kier molecular flexibility index (Phi) is 4.42. The van der Waals surface area contributed by atoms with Gasteiger partial charge < -0.3 is 14.4 Å². The number of hydrogen-bond donors (Lipinski definition) is 1. The van der Waals surface area contributed by atoms with Gasteiger partial charge in [0.15, 0.2) is 5.82 Å². The number of hydrogen-bond acceptors (Lipinski definition) is 7. The summed E-state index contributed by atoms with van der Waals surface area (Å²) in [6, 6.07) is 2.37. The van der Waals surface area contributed by atoms with Crippen LogP contribution in [-0.2, 0) is 22.9 Å². The number of aliphatic hydroxyl groups is 1. The molecule has 140 valence electrons. The molecule has 0 aliphatic carbocycles. The maximum Gasteiger partial charge on any atom is 0.247 e. The molecule has 0 amide bonds. The van der Waals surface area contributed by atoms with E-state index < -0.39 is 22.2 Å². The molecule has 3 heterocycles. The number of halogens is 1. The van der Waals surface area contributed by atoms with Gasteiger partial charge in [0.25, 0.3) is 0 Å². The van der Waals surface area contributed by atoms with Gasteiger partial charge in [0.05, 0.1) is 12.7 Å². The number of aromatic nitrogens is 2. The predicted molar refractivity (Wildman–Crippen MR) is 91.6 cm³/mol. The van der Waals surface area contributed by atoms with E-state index >= 15 is 0 Å². The summed E-state index contributed by atoms with van der Waals surface area (Å²) in [5.41, 5.74) is 0.762. The van der Waals surface area contributed by atoms with Crippen molar-refractivity contribution in [2.45, 2.75) is 43.2 Å². The Morgan fingerprint density at radius 2 is 2.23 bits per heavy atom. The molecule has 0 radical (unpaired) electrons. The fourth-order valence-electron chi connectivity index (χ4n) is 3.37. The van der Waals surface area contributed by atoms with Crippen molar-refractivity contribution >= 4 is 21.6 Å². The zero-order valence-corrected chi connectivity index (χ0v) is 15.6. The number of ether oxygens (including phenoxy) is 1. The van der Waals surface area contributed by atoms with Crippen LogP contribution in [0.2, 0.25) is 5.02 Å². The van der Waals surface area contributed by atoms with Gasteiger partial charge in [0, 0.05) is 36.4 Å². The van der Waals surface area contributed by atoms with E-state index in [2.05, 4.69) is 10.1 Å². The van der Waals surface area contributed by atoms with Crippen LogP contribution >= 0.6 is 11.6 Å². The van der Waals surface area contributed by atoms with Gasteiger partial charge in [0.2, 0.25) is 15.9 Å².